The number of nitrogens with zero attached hydrogens (tertiary/aromatic N) is 1. The molecule has 1 aromatic carbocycles. The topological polar surface area (TPSA) is 114 Å². The predicted molar refractivity (Wildman–Crippen MR) is 126 cm³/mol. The summed E-state index contributed by atoms with van der Waals surface area (Å²) in [4.78, 5) is 12.7. The first-order valence-corrected chi connectivity index (χ1v) is 13.2. The van der Waals surface area contributed by atoms with Gasteiger partial charge in [-0.15, -0.1) is 0 Å². The van der Waals surface area contributed by atoms with Crippen molar-refractivity contribution in [1.29, 1.82) is 0 Å². The Morgan fingerprint density at radius 3 is 2.53 bits per heavy atom. The van der Waals surface area contributed by atoms with E-state index in [0.29, 0.717) is 30.6 Å². The molecule has 1 fully saturated rings. The number of carbonyl (C=O) groups is 1. The van der Waals surface area contributed by atoms with E-state index >= 15 is 0 Å². The highest BCUT2D eigenvalue weighted by Crippen LogP contribution is 2.30. The van der Waals surface area contributed by atoms with Gasteiger partial charge in [-0.05, 0) is 60.9 Å². The molecule has 0 radical (unpaired) electrons. The number of sulfonamides is 1. The molecule has 10 heteroatoms. The summed E-state index contributed by atoms with van der Waals surface area (Å²) in [5.74, 6) is 1.53. The number of benzene rings is 1. The van der Waals surface area contributed by atoms with Crippen molar-refractivity contribution in [2.24, 2.45) is 17.8 Å². The number of hydrogen-bond acceptors (Lipinski definition) is 7. The average molecular weight is 497 g/mol. The number of amides is 1. The summed E-state index contributed by atoms with van der Waals surface area (Å²) in [5.41, 5.74) is 0. The highest BCUT2D eigenvalue weighted by molar-refractivity contribution is 7.89. The molecule has 0 spiro atoms. The van der Waals surface area contributed by atoms with E-state index in [1.54, 1.807) is 12.1 Å². The van der Waals surface area contributed by atoms with Gasteiger partial charge in [0.15, 0.2) is 5.76 Å². The summed E-state index contributed by atoms with van der Waals surface area (Å²) < 4.78 is 44.0. The van der Waals surface area contributed by atoms with Crippen LogP contribution in [0, 0.1) is 17.8 Å². The summed E-state index contributed by atoms with van der Waals surface area (Å²) in [7, 11) is -2.32. The molecule has 1 aromatic rings. The minimum absolute atomic E-state index is 0.0358. The molecule has 0 bridgehead atoms. The van der Waals surface area contributed by atoms with Gasteiger partial charge in [-0.1, -0.05) is 13.8 Å². The number of aliphatic hydroxyl groups is 1. The molecule has 2 atom stereocenters. The Kier molecular flexibility index (Phi) is 9.35. The zero-order valence-electron chi connectivity index (χ0n) is 20.1. The van der Waals surface area contributed by atoms with Crippen molar-refractivity contribution in [3.63, 3.8) is 0 Å². The molecule has 9 nitrogen and oxygen atoms in total. The van der Waals surface area contributed by atoms with E-state index in [4.69, 9.17) is 14.2 Å². The SMILES string of the molecule is COc1ccc(S(=O)(=O)N(CCO)CCOC2CC(C(C)C)C=C(C(=O)NCC3CC3)O2)cc1. The molecule has 3 rings (SSSR count). The van der Waals surface area contributed by atoms with Gasteiger partial charge in [0.25, 0.3) is 5.91 Å². The van der Waals surface area contributed by atoms with E-state index in [0.717, 1.165) is 12.8 Å². The third-order valence-corrected chi connectivity index (χ3v) is 8.02. The number of nitrogens with one attached hydrogen (secondary N) is 1. The molecule has 1 amide bonds. The minimum atomic E-state index is -3.83. The molecule has 1 aliphatic carbocycles. The van der Waals surface area contributed by atoms with Crippen LogP contribution in [0.15, 0.2) is 41.0 Å². The molecule has 2 aliphatic rings. The first-order chi connectivity index (χ1) is 16.2. The second-order valence-electron chi connectivity index (χ2n) is 9.05. The third kappa shape index (κ3) is 7.18. The summed E-state index contributed by atoms with van der Waals surface area (Å²) in [6, 6.07) is 6.08. The largest absolute Gasteiger partial charge is 0.497 e. The van der Waals surface area contributed by atoms with Crippen LogP contribution in [-0.2, 0) is 24.3 Å². The Labute approximate surface area is 202 Å². The average Bonchev–Trinajstić information content (AvgIpc) is 3.66. The van der Waals surface area contributed by atoms with Gasteiger partial charge >= 0.3 is 0 Å². The molecule has 2 N–H and O–H groups in total. The van der Waals surface area contributed by atoms with E-state index in [9.17, 15) is 18.3 Å². The second kappa shape index (κ2) is 12.0. The lowest BCUT2D eigenvalue weighted by Gasteiger charge is -2.31. The first-order valence-electron chi connectivity index (χ1n) is 11.8. The highest BCUT2D eigenvalue weighted by Gasteiger charge is 2.31. The molecule has 0 aromatic heterocycles. The molecular weight excluding hydrogens is 460 g/mol. The predicted octanol–water partition coefficient (Wildman–Crippen LogP) is 2.12. The Hall–Kier alpha value is -2.14. The van der Waals surface area contributed by atoms with E-state index in [-0.39, 0.29) is 48.8 Å². The van der Waals surface area contributed by atoms with Gasteiger partial charge in [0.1, 0.15) is 5.75 Å². The second-order valence-corrected chi connectivity index (χ2v) is 11.0. The lowest BCUT2D eigenvalue weighted by Crippen LogP contribution is -2.38. The number of hydrogen-bond donors (Lipinski definition) is 2. The quantitative estimate of drug-likeness (QED) is 0.430. The maximum absolute atomic E-state index is 13.0. The summed E-state index contributed by atoms with van der Waals surface area (Å²) >= 11 is 0. The van der Waals surface area contributed by atoms with E-state index in [1.807, 2.05) is 6.08 Å². The summed E-state index contributed by atoms with van der Waals surface area (Å²) in [6.07, 6.45) is 4.06. The van der Waals surface area contributed by atoms with Gasteiger partial charge in [-0.3, -0.25) is 4.79 Å². The monoisotopic (exact) mass is 496 g/mol. The van der Waals surface area contributed by atoms with Crippen molar-refractivity contribution in [1.82, 2.24) is 9.62 Å². The molecule has 1 saturated carbocycles. The van der Waals surface area contributed by atoms with E-state index in [2.05, 4.69) is 19.2 Å². The Morgan fingerprint density at radius 2 is 1.94 bits per heavy atom. The Balaban J connectivity index is 1.60. The lowest BCUT2D eigenvalue weighted by atomic mass is 9.90. The van der Waals surface area contributed by atoms with Crippen LogP contribution in [0.5, 0.6) is 5.75 Å². The standard InChI is InChI=1S/C24H36N2O7S/c1-17(2)19-14-22(24(28)25-16-18-4-5-18)33-23(15-19)32-13-11-26(10-12-27)34(29,30)21-8-6-20(31-3)7-9-21/h6-9,14,17-19,23,27H,4-5,10-13,15-16H2,1-3H3,(H,25,28). The number of methoxy groups -OCH3 is 1. The normalized spacial score (nSPS) is 20.7. The minimum Gasteiger partial charge on any atom is -0.497 e. The van der Waals surface area contributed by atoms with Crippen LogP contribution in [0.25, 0.3) is 0 Å². The van der Waals surface area contributed by atoms with Crippen LogP contribution >= 0.6 is 0 Å². The highest BCUT2D eigenvalue weighted by atomic mass is 32.2. The van der Waals surface area contributed by atoms with Gasteiger partial charge < -0.3 is 24.6 Å². The number of rotatable bonds is 13. The maximum atomic E-state index is 13.0. The van der Waals surface area contributed by atoms with Crippen LogP contribution in [-0.4, -0.2) is 70.0 Å². The van der Waals surface area contributed by atoms with Gasteiger partial charge in [0, 0.05) is 26.1 Å². The Morgan fingerprint density at radius 1 is 1.24 bits per heavy atom. The number of ether oxygens (including phenoxy) is 3. The van der Waals surface area contributed by atoms with Crippen LogP contribution < -0.4 is 10.1 Å². The smallest absolute Gasteiger partial charge is 0.286 e. The van der Waals surface area contributed by atoms with Crippen molar-refractivity contribution < 1.29 is 32.5 Å². The number of carbonyl (C=O) groups excluding carboxylic acids is 1. The van der Waals surface area contributed by atoms with E-state index < -0.39 is 16.3 Å². The van der Waals surface area contributed by atoms with Gasteiger partial charge in [0.2, 0.25) is 16.3 Å². The zero-order chi connectivity index (χ0) is 24.7. The van der Waals surface area contributed by atoms with Crippen LogP contribution in [0.3, 0.4) is 0 Å². The lowest BCUT2D eigenvalue weighted by molar-refractivity contribution is -0.150. The zero-order valence-corrected chi connectivity index (χ0v) is 20.9. The first kappa shape index (κ1) is 26.5. The molecule has 1 aliphatic heterocycles. The molecule has 34 heavy (non-hydrogen) atoms. The van der Waals surface area contributed by atoms with E-state index in [1.165, 1.54) is 23.5 Å². The number of allylic oxidation sites excluding steroid dienone is 1. The summed E-state index contributed by atoms with van der Waals surface area (Å²) in [5, 5.41) is 12.3. The summed E-state index contributed by atoms with van der Waals surface area (Å²) in [6.45, 7) is 4.51. The molecule has 1 heterocycles. The fourth-order valence-corrected chi connectivity index (χ4v) is 5.12. The van der Waals surface area contributed by atoms with Crippen molar-refractivity contribution >= 4 is 15.9 Å². The van der Waals surface area contributed by atoms with Gasteiger partial charge in [-0.2, -0.15) is 4.31 Å². The third-order valence-electron chi connectivity index (χ3n) is 6.11. The van der Waals surface area contributed by atoms with Crippen LogP contribution in [0.4, 0.5) is 0 Å². The molecule has 190 valence electrons. The Bertz CT molecular complexity index is 943. The van der Waals surface area contributed by atoms with Gasteiger partial charge in [-0.25, -0.2) is 8.42 Å². The van der Waals surface area contributed by atoms with Crippen molar-refractivity contribution in [3.8, 4) is 5.75 Å². The fraction of sp³-hybridized carbons (Fsp3) is 0.625. The van der Waals surface area contributed by atoms with Crippen molar-refractivity contribution in [2.75, 3.05) is 40.0 Å². The molecule has 0 saturated heterocycles. The van der Waals surface area contributed by atoms with Crippen molar-refractivity contribution in [3.05, 3.63) is 36.1 Å². The van der Waals surface area contributed by atoms with Crippen LogP contribution in [0.2, 0.25) is 0 Å². The number of aliphatic hydroxyl groups excluding tert-OH is 1. The fourth-order valence-electron chi connectivity index (χ4n) is 3.70. The molecular formula is C24H36N2O7S. The maximum Gasteiger partial charge on any atom is 0.286 e. The van der Waals surface area contributed by atoms with Gasteiger partial charge in [0.05, 0.1) is 25.2 Å². The van der Waals surface area contributed by atoms with Crippen molar-refractivity contribution in [2.45, 2.75) is 44.3 Å². The van der Waals surface area contributed by atoms with Crippen LogP contribution in [0.1, 0.15) is 33.1 Å². The molecule has 2 unspecified atom stereocenters.